The average molecular weight is 401 g/mol. The van der Waals surface area contributed by atoms with Gasteiger partial charge >= 0.3 is 0 Å². The van der Waals surface area contributed by atoms with Crippen molar-refractivity contribution in [3.05, 3.63) is 52.2 Å². The molecule has 1 amide bonds. The molecule has 0 spiro atoms. The molecule has 0 aliphatic rings. The van der Waals surface area contributed by atoms with Crippen molar-refractivity contribution in [2.75, 3.05) is 19.7 Å². The minimum atomic E-state index is -0.536. The van der Waals surface area contributed by atoms with Crippen LogP contribution in [0.3, 0.4) is 0 Å². The summed E-state index contributed by atoms with van der Waals surface area (Å²) in [5.41, 5.74) is -0.0252. The van der Waals surface area contributed by atoms with Gasteiger partial charge in [0.25, 0.3) is 11.6 Å². The molecule has 0 saturated heterocycles. The number of hydrogen-bond acceptors (Lipinski definition) is 6. The number of benzene rings is 1. The summed E-state index contributed by atoms with van der Waals surface area (Å²) in [6.07, 6.45) is 1.49. The van der Waals surface area contributed by atoms with Gasteiger partial charge in [-0.1, -0.05) is 20.8 Å². The van der Waals surface area contributed by atoms with Crippen LogP contribution in [0.1, 0.15) is 45.0 Å². The molecule has 0 saturated carbocycles. The number of carbonyl (C=O) groups is 1. The number of nitro benzene ring substituents is 1. The zero-order chi connectivity index (χ0) is 21.6. The molecule has 1 aromatic heterocycles. The van der Waals surface area contributed by atoms with Crippen LogP contribution in [0.5, 0.6) is 17.4 Å². The van der Waals surface area contributed by atoms with Crippen molar-refractivity contribution in [3.63, 3.8) is 0 Å². The van der Waals surface area contributed by atoms with Crippen LogP contribution in [0.2, 0.25) is 0 Å². The van der Waals surface area contributed by atoms with E-state index < -0.39 is 4.92 Å². The topological polar surface area (TPSA) is 94.8 Å². The molecular weight excluding hydrogens is 374 g/mol. The first kappa shape index (κ1) is 22.1. The maximum atomic E-state index is 12.8. The van der Waals surface area contributed by atoms with E-state index in [2.05, 4.69) is 25.8 Å². The van der Waals surface area contributed by atoms with Gasteiger partial charge in [-0.05, 0) is 31.4 Å². The van der Waals surface area contributed by atoms with Gasteiger partial charge in [-0.15, -0.1) is 0 Å². The molecule has 2 aromatic rings. The molecule has 0 atom stereocenters. The molecule has 0 radical (unpaired) electrons. The monoisotopic (exact) mass is 401 g/mol. The molecular formula is C21H27N3O5. The molecule has 0 aliphatic carbocycles. The third-order valence-electron chi connectivity index (χ3n) is 4.05. The van der Waals surface area contributed by atoms with E-state index in [9.17, 15) is 14.9 Å². The van der Waals surface area contributed by atoms with Gasteiger partial charge in [-0.25, -0.2) is 4.98 Å². The fourth-order valence-electron chi connectivity index (χ4n) is 2.50. The SMILES string of the molecule is CCN(CC)C(=O)c1cc([N+](=O)[O-])ccc1Oc1ccc(OCC(C)(C)C)nc1. The first-order valence-electron chi connectivity index (χ1n) is 9.49. The second kappa shape index (κ2) is 9.36. The zero-order valence-electron chi connectivity index (χ0n) is 17.5. The molecule has 0 aliphatic heterocycles. The van der Waals surface area contributed by atoms with Gasteiger partial charge in [-0.2, -0.15) is 0 Å². The second-order valence-electron chi connectivity index (χ2n) is 7.70. The molecule has 0 bridgehead atoms. The Morgan fingerprint density at radius 1 is 1.17 bits per heavy atom. The Labute approximate surface area is 170 Å². The molecule has 8 heteroatoms. The highest BCUT2D eigenvalue weighted by Crippen LogP contribution is 2.30. The Morgan fingerprint density at radius 2 is 1.86 bits per heavy atom. The van der Waals surface area contributed by atoms with E-state index in [0.717, 1.165) is 0 Å². The van der Waals surface area contributed by atoms with Gasteiger partial charge < -0.3 is 14.4 Å². The molecule has 156 valence electrons. The highest BCUT2D eigenvalue weighted by Gasteiger charge is 2.22. The van der Waals surface area contributed by atoms with Crippen LogP contribution in [-0.4, -0.2) is 40.4 Å². The van der Waals surface area contributed by atoms with E-state index in [1.165, 1.54) is 24.4 Å². The summed E-state index contributed by atoms with van der Waals surface area (Å²) in [4.78, 5) is 29.2. The van der Waals surface area contributed by atoms with E-state index in [1.807, 2.05) is 13.8 Å². The molecule has 0 fully saturated rings. The Kier molecular flexibility index (Phi) is 7.14. The highest BCUT2D eigenvalue weighted by molar-refractivity contribution is 5.97. The Morgan fingerprint density at radius 3 is 2.38 bits per heavy atom. The van der Waals surface area contributed by atoms with Gasteiger partial charge in [0, 0.05) is 31.3 Å². The number of rotatable bonds is 8. The Balaban J connectivity index is 2.27. The lowest BCUT2D eigenvalue weighted by Gasteiger charge is -2.20. The van der Waals surface area contributed by atoms with Crippen LogP contribution in [0.15, 0.2) is 36.5 Å². The van der Waals surface area contributed by atoms with Gasteiger partial charge in [0.15, 0.2) is 0 Å². The van der Waals surface area contributed by atoms with Gasteiger partial charge in [0.1, 0.15) is 11.5 Å². The van der Waals surface area contributed by atoms with E-state index in [-0.39, 0.29) is 28.3 Å². The van der Waals surface area contributed by atoms with Crippen LogP contribution in [-0.2, 0) is 0 Å². The predicted octanol–water partition coefficient (Wildman–Crippen LogP) is 4.69. The lowest BCUT2D eigenvalue weighted by atomic mass is 9.99. The molecule has 1 heterocycles. The van der Waals surface area contributed by atoms with E-state index >= 15 is 0 Å². The van der Waals surface area contributed by atoms with Crippen LogP contribution < -0.4 is 9.47 Å². The average Bonchev–Trinajstić information content (AvgIpc) is 2.67. The summed E-state index contributed by atoms with van der Waals surface area (Å²) in [6.45, 7) is 11.4. The fourth-order valence-corrected chi connectivity index (χ4v) is 2.50. The van der Waals surface area contributed by atoms with E-state index in [0.29, 0.717) is 31.3 Å². The summed E-state index contributed by atoms with van der Waals surface area (Å²) >= 11 is 0. The first-order valence-corrected chi connectivity index (χ1v) is 9.49. The molecule has 0 unspecified atom stereocenters. The molecule has 2 rings (SSSR count). The number of aromatic nitrogens is 1. The fraction of sp³-hybridized carbons (Fsp3) is 0.429. The lowest BCUT2D eigenvalue weighted by molar-refractivity contribution is -0.384. The summed E-state index contributed by atoms with van der Waals surface area (Å²) < 4.78 is 11.5. The minimum absolute atomic E-state index is 0.00923. The lowest BCUT2D eigenvalue weighted by Crippen LogP contribution is -2.30. The summed E-state index contributed by atoms with van der Waals surface area (Å²) in [7, 11) is 0. The van der Waals surface area contributed by atoms with Gasteiger partial charge in [0.05, 0.1) is 23.3 Å². The van der Waals surface area contributed by atoms with Crippen molar-refractivity contribution in [1.29, 1.82) is 0 Å². The van der Waals surface area contributed by atoms with Crippen LogP contribution in [0.25, 0.3) is 0 Å². The normalized spacial score (nSPS) is 11.1. The van der Waals surface area contributed by atoms with Crippen molar-refractivity contribution in [3.8, 4) is 17.4 Å². The zero-order valence-corrected chi connectivity index (χ0v) is 17.5. The first-order chi connectivity index (χ1) is 13.6. The van der Waals surface area contributed by atoms with Crippen molar-refractivity contribution in [1.82, 2.24) is 9.88 Å². The van der Waals surface area contributed by atoms with Crippen LogP contribution in [0, 0.1) is 15.5 Å². The van der Waals surface area contributed by atoms with E-state index in [1.54, 1.807) is 17.0 Å². The third kappa shape index (κ3) is 6.17. The minimum Gasteiger partial charge on any atom is -0.477 e. The largest absolute Gasteiger partial charge is 0.477 e. The van der Waals surface area contributed by atoms with Crippen LogP contribution in [0.4, 0.5) is 5.69 Å². The standard InChI is InChI=1S/C21H27N3O5/c1-6-23(7-2)20(25)17-12-15(24(26)27)8-10-18(17)29-16-9-11-19(22-13-16)28-14-21(3,4)5/h8-13H,6-7,14H2,1-5H3. The molecule has 0 N–H and O–H groups in total. The summed E-state index contributed by atoms with van der Waals surface area (Å²) in [5.74, 6) is 0.774. The summed E-state index contributed by atoms with van der Waals surface area (Å²) in [5, 5.41) is 11.1. The summed E-state index contributed by atoms with van der Waals surface area (Å²) in [6, 6.07) is 7.34. The van der Waals surface area contributed by atoms with Crippen molar-refractivity contribution in [2.24, 2.45) is 5.41 Å². The van der Waals surface area contributed by atoms with Crippen molar-refractivity contribution < 1.29 is 19.2 Å². The quantitative estimate of drug-likeness (QED) is 0.470. The van der Waals surface area contributed by atoms with Gasteiger partial charge in [0.2, 0.25) is 5.88 Å². The Hall–Kier alpha value is -3.16. The second-order valence-corrected chi connectivity index (χ2v) is 7.70. The van der Waals surface area contributed by atoms with Crippen LogP contribution >= 0.6 is 0 Å². The third-order valence-corrected chi connectivity index (χ3v) is 4.05. The highest BCUT2D eigenvalue weighted by atomic mass is 16.6. The maximum absolute atomic E-state index is 12.8. The predicted molar refractivity (Wildman–Crippen MR) is 110 cm³/mol. The number of ether oxygens (including phenoxy) is 2. The molecule has 8 nitrogen and oxygen atoms in total. The number of nitrogens with zero attached hydrogens (tertiary/aromatic N) is 3. The number of pyridine rings is 1. The number of hydrogen-bond donors (Lipinski definition) is 0. The Bertz CT molecular complexity index is 856. The number of non-ortho nitro benzene ring substituents is 1. The number of amides is 1. The van der Waals surface area contributed by atoms with Crippen molar-refractivity contribution in [2.45, 2.75) is 34.6 Å². The number of nitro groups is 1. The van der Waals surface area contributed by atoms with E-state index in [4.69, 9.17) is 9.47 Å². The van der Waals surface area contributed by atoms with Gasteiger partial charge in [-0.3, -0.25) is 14.9 Å². The molecule has 29 heavy (non-hydrogen) atoms. The van der Waals surface area contributed by atoms with Crippen molar-refractivity contribution >= 4 is 11.6 Å². The maximum Gasteiger partial charge on any atom is 0.270 e. The smallest absolute Gasteiger partial charge is 0.270 e. The molecule has 1 aromatic carbocycles. The number of carbonyl (C=O) groups excluding carboxylic acids is 1.